The van der Waals surface area contributed by atoms with Gasteiger partial charge in [-0.25, -0.2) is 9.37 Å². The Hall–Kier alpha value is -2.78. The van der Waals surface area contributed by atoms with Gasteiger partial charge in [-0.05, 0) is 19.2 Å². The topological polar surface area (TPSA) is 71.0 Å². The Labute approximate surface area is 175 Å². The Morgan fingerprint density at radius 2 is 1.97 bits per heavy atom. The van der Waals surface area contributed by atoms with Crippen molar-refractivity contribution in [2.45, 2.75) is 13.0 Å². The average molecular weight is 415 g/mol. The Kier molecular flexibility index (Phi) is 6.10. The molecule has 0 bridgehead atoms. The van der Waals surface area contributed by atoms with E-state index in [2.05, 4.69) is 21.8 Å². The lowest BCUT2D eigenvalue weighted by Crippen LogP contribution is -2.45. The summed E-state index contributed by atoms with van der Waals surface area (Å²) < 4.78 is 24.7. The molecule has 9 heteroatoms. The van der Waals surface area contributed by atoms with E-state index in [0.717, 1.165) is 37.4 Å². The summed E-state index contributed by atoms with van der Waals surface area (Å²) in [5, 5.41) is 0. The van der Waals surface area contributed by atoms with Crippen molar-refractivity contribution in [3.8, 4) is 11.6 Å². The van der Waals surface area contributed by atoms with Gasteiger partial charge < -0.3 is 24.2 Å². The fourth-order valence-electron chi connectivity index (χ4n) is 3.67. The molecule has 2 aromatic rings. The van der Waals surface area contributed by atoms with Crippen LogP contribution in [0.3, 0.4) is 0 Å². The normalized spacial score (nSPS) is 17.0. The monoisotopic (exact) mass is 415 g/mol. The molecule has 0 unspecified atom stereocenters. The van der Waals surface area contributed by atoms with Gasteiger partial charge in [0.05, 0.1) is 17.8 Å². The van der Waals surface area contributed by atoms with Crippen molar-refractivity contribution in [2.75, 3.05) is 58.4 Å². The molecule has 4 rings (SSSR count). The second-order valence-corrected chi connectivity index (χ2v) is 7.60. The molecule has 0 saturated carbocycles. The molecular weight excluding hydrogens is 389 g/mol. The summed E-state index contributed by atoms with van der Waals surface area (Å²) in [6, 6.07) is 5.96. The van der Waals surface area contributed by atoms with E-state index in [1.807, 2.05) is 0 Å². The standard InChI is InChI=1S/C21H26FN5O3/c1-25-8-10-26(11-9-25)21-23-18-6-7-27(19(28)14-29-2)13-17(18)20(24-21)30-16-5-3-4-15(22)12-16/h3-5,12H,6-11,13-14H2,1-2H3. The van der Waals surface area contributed by atoms with Crippen molar-refractivity contribution in [1.29, 1.82) is 0 Å². The molecule has 0 radical (unpaired) electrons. The van der Waals surface area contributed by atoms with Gasteiger partial charge in [0.2, 0.25) is 17.7 Å². The van der Waals surface area contributed by atoms with Gasteiger partial charge >= 0.3 is 0 Å². The second kappa shape index (κ2) is 8.93. The molecule has 2 aliphatic heterocycles. The number of piperazine rings is 1. The number of halogens is 1. The van der Waals surface area contributed by atoms with Crippen LogP contribution in [-0.4, -0.2) is 79.2 Å². The number of ether oxygens (including phenoxy) is 2. The van der Waals surface area contributed by atoms with Gasteiger partial charge in [-0.2, -0.15) is 4.98 Å². The zero-order valence-corrected chi connectivity index (χ0v) is 17.3. The minimum Gasteiger partial charge on any atom is -0.438 e. The van der Waals surface area contributed by atoms with E-state index in [1.165, 1.54) is 19.2 Å². The molecule has 0 atom stereocenters. The van der Waals surface area contributed by atoms with E-state index in [0.29, 0.717) is 37.1 Å². The zero-order valence-electron chi connectivity index (χ0n) is 17.3. The van der Waals surface area contributed by atoms with Crippen LogP contribution in [0.15, 0.2) is 24.3 Å². The first-order valence-corrected chi connectivity index (χ1v) is 10.1. The van der Waals surface area contributed by atoms with Crippen LogP contribution in [0.1, 0.15) is 11.3 Å². The average Bonchev–Trinajstić information content (AvgIpc) is 2.74. The van der Waals surface area contributed by atoms with Crippen LogP contribution < -0.4 is 9.64 Å². The summed E-state index contributed by atoms with van der Waals surface area (Å²) in [5.41, 5.74) is 1.62. The number of carbonyl (C=O) groups is 1. The predicted octanol–water partition coefficient (Wildman–Crippen LogP) is 1.69. The van der Waals surface area contributed by atoms with Crippen molar-refractivity contribution in [2.24, 2.45) is 0 Å². The van der Waals surface area contributed by atoms with Crippen molar-refractivity contribution in [1.82, 2.24) is 19.8 Å². The molecule has 0 spiro atoms. The fourth-order valence-corrected chi connectivity index (χ4v) is 3.67. The number of anilines is 1. The summed E-state index contributed by atoms with van der Waals surface area (Å²) in [6.07, 6.45) is 0.605. The predicted molar refractivity (Wildman–Crippen MR) is 109 cm³/mol. The number of likely N-dealkylation sites (N-methyl/N-ethyl adjacent to an activating group) is 1. The van der Waals surface area contributed by atoms with Gasteiger partial charge in [0, 0.05) is 52.3 Å². The number of aromatic nitrogens is 2. The minimum absolute atomic E-state index is 0.0235. The summed E-state index contributed by atoms with van der Waals surface area (Å²) in [4.78, 5) is 27.9. The highest BCUT2D eigenvalue weighted by Gasteiger charge is 2.28. The van der Waals surface area contributed by atoms with Crippen LogP contribution in [-0.2, 0) is 22.5 Å². The Balaban J connectivity index is 1.67. The second-order valence-electron chi connectivity index (χ2n) is 7.60. The minimum atomic E-state index is -0.383. The summed E-state index contributed by atoms with van der Waals surface area (Å²) in [6.45, 7) is 4.44. The number of carbonyl (C=O) groups excluding carboxylic acids is 1. The molecule has 2 aliphatic rings. The maximum absolute atomic E-state index is 13.7. The van der Waals surface area contributed by atoms with Gasteiger partial charge in [-0.1, -0.05) is 6.07 Å². The quantitative estimate of drug-likeness (QED) is 0.736. The van der Waals surface area contributed by atoms with Gasteiger partial charge in [0.15, 0.2) is 0 Å². The van der Waals surface area contributed by atoms with Crippen molar-refractivity contribution >= 4 is 11.9 Å². The van der Waals surface area contributed by atoms with E-state index < -0.39 is 0 Å². The van der Waals surface area contributed by atoms with Crippen LogP contribution in [0.5, 0.6) is 11.6 Å². The van der Waals surface area contributed by atoms with E-state index in [9.17, 15) is 9.18 Å². The summed E-state index contributed by atoms with van der Waals surface area (Å²) >= 11 is 0. The van der Waals surface area contributed by atoms with Crippen molar-refractivity contribution in [3.05, 3.63) is 41.3 Å². The molecule has 1 saturated heterocycles. The number of nitrogens with zero attached hydrogens (tertiary/aromatic N) is 5. The molecule has 0 N–H and O–H groups in total. The number of methoxy groups -OCH3 is 1. The lowest BCUT2D eigenvalue weighted by atomic mass is 10.1. The summed E-state index contributed by atoms with van der Waals surface area (Å²) in [5.74, 6) is 0.870. The number of fused-ring (bicyclic) bond motifs is 1. The van der Waals surface area contributed by atoms with Gasteiger partial charge in [-0.15, -0.1) is 0 Å². The number of hydrogen-bond donors (Lipinski definition) is 0. The van der Waals surface area contributed by atoms with E-state index in [1.54, 1.807) is 17.0 Å². The van der Waals surface area contributed by atoms with Crippen molar-refractivity contribution < 1.29 is 18.7 Å². The molecule has 8 nitrogen and oxygen atoms in total. The van der Waals surface area contributed by atoms with Gasteiger partial charge in [0.1, 0.15) is 18.2 Å². The molecule has 1 aromatic heterocycles. The Morgan fingerprint density at radius 1 is 1.17 bits per heavy atom. The van der Waals surface area contributed by atoms with Crippen LogP contribution in [0.25, 0.3) is 0 Å². The third-order valence-electron chi connectivity index (χ3n) is 5.43. The summed E-state index contributed by atoms with van der Waals surface area (Å²) in [7, 11) is 3.59. The molecular formula is C21H26FN5O3. The highest BCUT2D eigenvalue weighted by molar-refractivity contribution is 5.77. The molecule has 3 heterocycles. The van der Waals surface area contributed by atoms with E-state index in [-0.39, 0.29) is 18.3 Å². The first-order chi connectivity index (χ1) is 14.5. The zero-order chi connectivity index (χ0) is 21.1. The third kappa shape index (κ3) is 4.52. The van der Waals surface area contributed by atoms with Crippen LogP contribution in [0, 0.1) is 5.82 Å². The third-order valence-corrected chi connectivity index (χ3v) is 5.43. The van der Waals surface area contributed by atoms with Gasteiger partial charge in [-0.3, -0.25) is 4.79 Å². The van der Waals surface area contributed by atoms with Crippen LogP contribution in [0.2, 0.25) is 0 Å². The van der Waals surface area contributed by atoms with Crippen molar-refractivity contribution in [3.63, 3.8) is 0 Å². The maximum atomic E-state index is 13.7. The maximum Gasteiger partial charge on any atom is 0.248 e. The lowest BCUT2D eigenvalue weighted by Gasteiger charge is -2.34. The molecule has 1 fully saturated rings. The molecule has 1 amide bonds. The number of rotatable bonds is 5. The van der Waals surface area contributed by atoms with Gasteiger partial charge in [0.25, 0.3) is 0 Å². The molecule has 30 heavy (non-hydrogen) atoms. The molecule has 160 valence electrons. The molecule has 0 aliphatic carbocycles. The largest absolute Gasteiger partial charge is 0.438 e. The Morgan fingerprint density at radius 3 is 2.70 bits per heavy atom. The highest BCUT2D eigenvalue weighted by atomic mass is 19.1. The van der Waals surface area contributed by atoms with Crippen LogP contribution in [0.4, 0.5) is 10.3 Å². The number of amides is 1. The lowest BCUT2D eigenvalue weighted by molar-refractivity contribution is -0.136. The molecule has 1 aromatic carbocycles. The number of hydrogen-bond acceptors (Lipinski definition) is 7. The Bertz CT molecular complexity index is 918. The fraction of sp³-hybridized carbons (Fsp3) is 0.476. The number of benzene rings is 1. The first kappa shape index (κ1) is 20.5. The van der Waals surface area contributed by atoms with E-state index in [4.69, 9.17) is 14.5 Å². The highest BCUT2D eigenvalue weighted by Crippen LogP contribution is 2.32. The van der Waals surface area contributed by atoms with Crippen LogP contribution >= 0.6 is 0 Å². The van der Waals surface area contributed by atoms with E-state index >= 15 is 0 Å². The smallest absolute Gasteiger partial charge is 0.248 e. The first-order valence-electron chi connectivity index (χ1n) is 10.1. The SMILES string of the molecule is COCC(=O)N1CCc2nc(N3CCN(C)CC3)nc(Oc3cccc(F)c3)c2C1.